The number of benzene rings is 2. The Morgan fingerprint density at radius 1 is 0.951 bits per heavy atom. The first-order chi connectivity index (χ1) is 19.9. The zero-order valence-electron chi connectivity index (χ0n) is 25.5. The van der Waals surface area contributed by atoms with E-state index in [1.165, 1.54) is 54.4 Å². The van der Waals surface area contributed by atoms with Gasteiger partial charge in [0, 0.05) is 13.0 Å². The summed E-state index contributed by atoms with van der Waals surface area (Å²) in [5, 5.41) is 24.3. The number of aryl methyl sites for hydroxylation is 2. The van der Waals surface area contributed by atoms with Crippen molar-refractivity contribution < 1.29 is 15.0 Å². The third kappa shape index (κ3) is 7.01. The largest absolute Gasteiger partial charge is 0.508 e. The van der Waals surface area contributed by atoms with E-state index in [0.29, 0.717) is 35.8 Å². The molecule has 2 saturated carbocycles. The number of fused-ring (bicyclic) bond motifs is 5. The average Bonchev–Trinajstić information content (AvgIpc) is 3.28. The molecule has 224 valence electrons. The number of nitrogens with one attached hydrogen (secondary N) is 1. The van der Waals surface area contributed by atoms with Crippen LogP contribution >= 0.6 is 0 Å². The molecule has 0 saturated heterocycles. The molecule has 1 amide bonds. The normalized spacial score (nSPS) is 28.5. The van der Waals surface area contributed by atoms with Crippen molar-refractivity contribution in [2.45, 2.75) is 122 Å². The Bertz CT molecular complexity index is 1140. The molecule has 3 aliphatic carbocycles. The molecule has 0 aliphatic heterocycles. The number of aliphatic hydroxyl groups excluding tert-OH is 1. The van der Waals surface area contributed by atoms with E-state index in [1.54, 1.807) is 0 Å². The third-order valence-corrected chi connectivity index (χ3v) is 11.2. The minimum Gasteiger partial charge on any atom is -0.508 e. The Morgan fingerprint density at radius 2 is 1.68 bits per heavy atom. The number of phenolic OH excluding ortho intramolecular Hbond substituents is 1. The Hall–Kier alpha value is -2.33. The summed E-state index contributed by atoms with van der Waals surface area (Å²) < 4.78 is 0. The Balaban J connectivity index is 1.14. The molecule has 0 spiro atoms. The average molecular weight is 560 g/mol. The topological polar surface area (TPSA) is 69.6 Å². The molecule has 0 bridgehead atoms. The molecule has 3 aliphatic rings. The van der Waals surface area contributed by atoms with Gasteiger partial charge in [-0.1, -0.05) is 76.3 Å². The molecule has 5 rings (SSSR count). The van der Waals surface area contributed by atoms with Gasteiger partial charge in [0.15, 0.2) is 0 Å². The lowest BCUT2D eigenvalue weighted by molar-refractivity contribution is -0.121. The van der Waals surface area contributed by atoms with Crippen LogP contribution in [-0.4, -0.2) is 28.8 Å². The van der Waals surface area contributed by atoms with Gasteiger partial charge in [0.05, 0.1) is 6.10 Å². The number of aliphatic hydroxyl groups is 1. The van der Waals surface area contributed by atoms with E-state index in [4.69, 9.17) is 0 Å². The van der Waals surface area contributed by atoms with Gasteiger partial charge in [-0.15, -0.1) is 0 Å². The first kappa shape index (κ1) is 30.1. The number of carbonyl (C=O) groups excluding carboxylic acids is 1. The van der Waals surface area contributed by atoms with Crippen LogP contribution in [0.4, 0.5) is 0 Å². The van der Waals surface area contributed by atoms with Crippen LogP contribution in [0, 0.1) is 23.2 Å². The molecular formula is C37H53NO3. The maximum atomic E-state index is 12.3. The molecule has 4 heteroatoms. The van der Waals surface area contributed by atoms with Gasteiger partial charge in [-0.25, -0.2) is 0 Å². The molecule has 0 aromatic heterocycles. The Morgan fingerprint density at radius 3 is 2.46 bits per heavy atom. The van der Waals surface area contributed by atoms with Gasteiger partial charge in [0.2, 0.25) is 5.91 Å². The third-order valence-electron chi connectivity index (χ3n) is 11.2. The van der Waals surface area contributed by atoms with Crippen LogP contribution in [0.3, 0.4) is 0 Å². The fourth-order valence-corrected chi connectivity index (χ4v) is 8.74. The summed E-state index contributed by atoms with van der Waals surface area (Å²) in [6.07, 6.45) is 16.2. The van der Waals surface area contributed by atoms with Crippen LogP contribution in [0.5, 0.6) is 5.75 Å². The smallest absolute Gasteiger partial charge is 0.220 e. The summed E-state index contributed by atoms with van der Waals surface area (Å²) in [4.78, 5) is 12.3. The van der Waals surface area contributed by atoms with Crippen molar-refractivity contribution in [2.75, 3.05) is 6.54 Å². The number of rotatable bonds is 13. The molecule has 2 aromatic carbocycles. The second-order valence-electron chi connectivity index (χ2n) is 13.7. The first-order valence-electron chi connectivity index (χ1n) is 16.7. The highest BCUT2D eigenvalue weighted by molar-refractivity contribution is 5.76. The fraction of sp³-hybridized carbons (Fsp3) is 0.649. The van der Waals surface area contributed by atoms with E-state index < -0.39 is 0 Å². The molecule has 2 aromatic rings. The van der Waals surface area contributed by atoms with E-state index in [9.17, 15) is 15.0 Å². The van der Waals surface area contributed by atoms with Crippen molar-refractivity contribution in [3.05, 3.63) is 64.7 Å². The van der Waals surface area contributed by atoms with Crippen LogP contribution in [0.1, 0.15) is 119 Å². The van der Waals surface area contributed by atoms with Crippen LogP contribution in [0.15, 0.2) is 42.5 Å². The summed E-state index contributed by atoms with van der Waals surface area (Å²) in [5.74, 6) is 2.85. The van der Waals surface area contributed by atoms with Crippen LogP contribution < -0.4 is 5.32 Å². The molecule has 0 heterocycles. The quantitative estimate of drug-likeness (QED) is 0.219. The SMILES string of the molecule is CCCCCCCCNC(=O)CCc1ccc(CC[C@@H]2Cc3cc(O)ccc3C3CC[C@@]4(C)C(CC[C@@H]4O)C32)cc1. The highest BCUT2D eigenvalue weighted by atomic mass is 16.3. The van der Waals surface area contributed by atoms with Gasteiger partial charge >= 0.3 is 0 Å². The summed E-state index contributed by atoms with van der Waals surface area (Å²) in [6, 6.07) is 15.0. The van der Waals surface area contributed by atoms with Crippen molar-refractivity contribution in [1.29, 1.82) is 0 Å². The van der Waals surface area contributed by atoms with E-state index in [-0.39, 0.29) is 17.4 Å². The maximum absolute atomic E-state index is 12.3. The molecule has 3 unspecified atom stereocenters. The number of hydrogen-bond donors (Lipinski definition) is 3. The monoisotopic (exact) mass is 559 g/mol. The summed E-state index contributed by atoms with van der Waals surface area (Å²) >= 11 is 0. The van der Waals surface area contributed by atoms with Crippen molar-refractivity contribution in [2.24, 2.45) is 23.2 Å². The minimum absolute atomic E-state index is 0.0520. The second-order valence-corrected chi connectivity index (χ2v) is 13.7. The minimum atomic E-state index is -0.166. The predicted octanol–water partition coefficient (Wildman–Crippen LogP) is 7.88. The number of aromatic hydroxyl groups is 1. The van der Waals surface area contributed by atoms with E-state index in [1.807, 2.05) is 12.1 Å². The van der Waals surface area contributed by atoms with Gasteiger partial charge in [0.1, 0.15) is 5.75 Å². The summed E-state index contributed by atoms with van der Waals surface area (Å²) in [6.45, 7) is 5.39. The maximum Gasteiger partial charge on any atom is 0.220 e. The lowest BCUT2D eigenvalue weighted by Crippen LogP contribution is -2.47. The number of phenols is 1. The number of amides is 1. The van der Waals surface area contributed by atoms with Crippen LogP contribution in [0.25, 0.3) is 0 Å². The lowest BCUT2D eigenvalue weighted by atomic mass is 9.52. The van der Waals surface area contributed by atoms with Crippen molar-refractivity contribution in [3.63, 3.8) is 0 Å². The Labute approximate surface area is 248 Å². The van der Waals surface area contributed by atoms with E-state index in [2.05, 4.69) is 49.5 Å². The van der Waals surface area contributed by atoms with Crippen molar-refractivity contribution >= 4 is 5.91 Å². The van der Waals surface area contributed by atoms with Gasteiger partial charge in [0.25, 0.3) is 0 Å². The molecular weight excluding hydrogens is 506 g/mol. The van der Waals surface area contributed by atoms with E-state index in [0.717, 1.165) is 64.3 Å². The second kappa shape index (κ2) is 13.8. The molecule has 2 fully saturated rings. The number of hydrogen-bond acceptors (Lipinski definition) is 3. The molecule has 6 atom stereocenters. The van der Waals surface area contributed by atoms with Gasteiger partial charge in [-0.3, -0.25) is 4.79 Å². The Kier molecular flexibility index (Phi) is 10.1. The van der Waals surface area contributed by atoms with Gasteiger partial charge in [-0.2, -0.15) is 0 Å². The van der Waals surface area contributed by atoms with Gasteiger partial charge in [-0.05, 0) is 121 Å². The number of unbranched alkanes of at least 4 members (excludes halogenated alkanes) is 5. The molecule has 0 radical (unpaired) electrons. The van der Waals surface area contributed by atoms with E-state index >= 15 is 0 Å². The standard InChI is InChI=1S/C37H53NO3/c1-3-4-5-6-7-8-23-38-35(41)20-14-27-11-9-26(10-12-27)13-15-28-24-29-25-30(39)16-17-31(29)32-21-22-37(2)33(36(28)32)18-19-34(37)40/h9-12,16-17,25,28,32-34,36,39-40H,3-8,13-15,18-24H2,1-2H3,(H,38,41)/t28-,32?,33?,34+,36?,37+/m1/s1. The van der Waals surface area contributed by atoms with Gasteiger partial charge < -0.3 is 15.5 Å². The summed E-state index contributed by atoms with van der Waals surface area (Å²) in [5.41, 5.74) is 5.44. The highest BCUT2D eigenvalue weighted by Gasteiger charge is 2.56. The fourth-order valence-electron chi connectivity index (χ4n) is 8.74. The van der Waals surface area contributed by atoms with Crippen molar-refractivity contribution in [1.82, 2.24) is 5.32 Å². The first-order valence-corrected chi connectivity index (χ1v) is 16.7. The zero-order chi connectivity index (χ0) is 28.8. The van der Waals surface area contributed by atoms with Crippen LogP contribution in [-0.2, 0) is 24.1 Å². The molecule has 41 heavy (non-hydrogen) atoms. The summed E-state index contributed by atoms with van der Waals surface area (Å²) in [7, 11) is 0. The van der Waals surface area contributed by atoms with Crippen molar-refractivity contribution in [3.8, 4) is 5.75 Å². The predicted molar refractivity (Wildman–Crippen MR) is 167 cm³/mol. The van der Waals surface area contributed by atoms with Crippen LogP contribution in [0.2, 0.25) is 0 Å². The lowest BCUT2D eigenvalue weighted by Gasteiger charge is -2.53. The molecule has 4 nitrogen and oxygen atoms in total. The zero-order valence-corrected chi connectivity index (χ0v) is 25.5. The highest BCUT2D eigenvalue weighted by Crippen LogP contribution is 2.62. The molecule has 3 N–H and O–H groups in total. The number of carbonyl (C=O) groups is 1.